The average molecular weight is 599 g/mol. The largest absolute Gasteiger partial charge is 0.355 e. The number of nitrogens with zero attached hydrogens (tertiary/aromatic N) is 5. The molecule has 2 aliphatic heterocycles. The molecule has 9 nitrogen and oxygen atoms in total. The van der Waals surface area contributed by atoms with Crippen LogP contribution in [0.4, 0.5) is 15.9 Å². The van der Waals surface area contributed by atoms with Crippen LogP contribution in [-0.2, 0) is 25.5 Å². The third-order valence-corrected chi connectivity index (χ3v) is 12.0. The van der Waals surface area contributed by atoms with Crippen LogP contribution in [0.2, 0.25) is 0 Å². The molecule has 1 aromatic heterocycles. The van der Waals surface area contributed by atoms with Crippen LogP contribution < -0.4 is 9.38 Å². The molecule has 4 aromatic rings. The smallest absolute Gasteiger partial charge is 0.283 e. The minimum Gasteiger partial charge on any atom is -0.355 e. The van der Waals surface area contributed by atoms with Gasteiger partial charge in [-0.2, -0.15) is 12.5 Å². The molecular formula is C29H33FN5O4S2+. The minimum absolute atomic E-state index is 0.00716. The first-order valence-corrected chi connectivity index (χ1v) is 16.3. The maximum atomic E-state index is 14.1. The van der Waals surface area contributed by atoms with Crippen molar-refractivity contribution < 1.29 is 21.2 Å². The number of quaternary nitrogens is 1. The second-order valence-electron chi connectivity index (χ2n) is 11.7. The predicted octanol–water partition coefficient (Wildman–Crippen LogP) is 3.78. The Labute approximate surface area is 240 Å². The van der Waals surface area contributed by atoms with Crippen LogP contribution in [0.25, 0.3) is 10.9 Å². The van der Waals surface area contributed by atoms with Gasteiger partial charge in [0.05, 0.1) is 41.4 Å². The Morgan fingerprint density at radius 1 is 0.902 bits per heavy atom. The fourth-order valence-electron chi connectivity index (χ4n) is 6.49. The Kier molecular flexibility index (Phi) is 6.34. The van der Waals surface area contributed by atoms with E-state index in [1.165, 1.54) is 43.9 Å². The van der Waals surface area contributed by atoms with Gasteiger partial charge in [-0.25, -0.2) is 17.1 Å². The van der Waals surface area contributed by atoms with E-state index in [0.717, 1.165) is 38.9 Å². The monoisotopic (exact) mass is 598 g/mol. The number of benzene rings is 3. The first-order chi connectivity index (χ1) is 19.3. The van der Waals surface area contributed by atoms with E-state index in [0.29, 0.717) is 28.9 Å². The van der Waals surface area contributed by atoms with Crippen molar-refractivity contribution in [2.24, 2.45) is 0 Å². The molecule has 6 rings (SSSR count). The highest BCUT2D eigenvalue weighted by atomic mass is 32.2. The molecule has 1 fully saturated rings. The molecule has 0 aliphatic carbocycles. The van der Waals surface area contributed by atoms with Crippen molar-refractivity contribution >= 4 is 42.5 Å². The molecule has 3 aromatic carbocycles. The average Bonchev–Trinajstić information content (AvgIpc) is 3.42. The highest BCUT2D eigenvalue weighted by molar-refractivity contribution is 7.90. The number of piperidine rings is 1. The maximum absolute atomic E-state index is 14.1. The second-order valence-corrected chi connectivity index (χ2v) is 15.6. The van der Waals surface area contributed by atoms with Crippen molar-refractivity contribution in [2.45, 2.75) is 28.0 Å². The number of aromatic nitrogens is 2. The van der Waals surface area contributed by atoms with Gasteiger partial charge in [0.25, 0.3) is 10.0 Å². The number of hydrogen-bond donors (Lipinski definition) is 0. The van der Waals surface area contributed by atoms with Crippen LogP contribution in [0.5, 0.6) is 0 Å². The van der Waals surface area contributed by atoms with E-state index in [2.05, 4.69) is 24.1 Å². The zero-order valence-corrected chi connectivity index (χ0v) is 25.1. The summed E-state index contributed by atoms with van der Waals surface area (Å²) in [4.78, 5) is 2.09. The Morgan fingerprint density at radius 3 is 2.20 bits per heavy atom. The van der Waals surface area contributed by atoms with Gasteiger partial charge in [0.15, 0.2) is 5.82 Å². The van der Waals surface area contributed by atoms with Crippen molar-refractivity contribution in [3.8, 4) is 0 Å². The van der Waals surface area contributed by atoms with E-state index < -0.39 is 20.0 Å². The summed E-state index contributed by atoms with van der Waals surface area (Å²) in [6.45, 7) is 2.23. The van der Waals surface area contributed by atoms with E-state index in [9.17, 15) is 21.2 Å². The lowest BCUT2D eigenvalue weighted by Crippen LogP contribution is -2.49. The molecule has 0 unspecified atom stereocenters. The van der Waals surface area contributed by atoms with Crippen molar-refractivity contribution in [3.63, 3.8) is 0 Å². The molecule has 0 radical (unpaired) electrons. The van der Waals surface area contributed by atoms with Crippen LogP contribution in [0, 0.1) is 5.82 Å². The molecule has 41 heavy (non-hydrogen) atoms. The Hall–Kier alpha value is -3.32. The van der Waals surface area contributed by atoms with E-state index in [-0.39, 0.29) is 21.0 Å². The molecule has 12 heteroatoms. The SMILES string of the molecule is CN(C)S(=O)(=O)c1ccc(S(=O)(=O)n2nc(N3CCC4(CC3)C[N+](C)(C)c3cc(F)ccc34)c3ccccc32)cc1. The van der Waals surface area contributed by atoms with Crippen LogP contribution in [0.3, 0.4) is 0 Å². The summed E-state index contributed by atoms with van der Waals surface area (Å²) in [6, 6.07) is 17.5. The number of rotatable bonds is 5. The number of halogens is 1. The summed E-state index contributed by atoms with van der Waals surface area (Å²) in [5.74, 6) is 0.369. The fourth-order valence-corrected chi connectivity index (χ4v) is 8.67. The third-order valence-electron chi connectivity index (χ3n) is 8.57. The summed E-state index contributed by atoms with van der Waals surface area (Å²) in [6.07, 6.45) is 1.67. The normalized spacial score (nSPS) is 18.3. The number of para-hydroxylation sites is 1. The van der Waals surface area contributed by atoms with Crippen molar-refractivity contribution in [1.29, 1.82) is 0 Å². The molecule has 0 N–H and O–H groups in total. The minimum atomic E-state index is -4.12. The highest BCUT2D eigenvalue weighted by Crippen LogP contribution is 2.50. The van der Waals surface area contributed by atoms with E-state index in [1.54, 1.807) is 24.3 Å². The van der Waals surface area contributed by atoms with Crippen molar-refractivity contribution in [1.82, 2.24) is 18.0 Å². The molecule has 0 atom stereocenters. The first kappa shape index (κ1) is 27.8. The molecule has 1 saturated heterocycles. The number of likely N-dealkylation sites (N-methyl/N-ethyl adjacent to an activating group) is 1. The molecule has 0 amide bonds. The van der Waals surface area contributed by atoms with Gasteiger partial charge in [-0.15, -0.1) is 5.10 Å². The molecular weight excluding hydrogens is 565 g/mol. The van der Waals surface area contributed by atoms with Gasteiger partial charge < -0.3 is 4.90 Å². The summed E-state index contributed by atoms with van der Waals surface area (Å²) in [7, 11) is -0.743. The molecule has 2 aliphatic rings. The summed E-state index contributed by atoms with van der Waals surface area (Å²) in [5.41, 5.74) is 2.58. The van der Waals surface area contributed by atoms with Gasteiger partial charge in [0.2, 0.25) is 10.0 Å². The molecule has 216 valence electrons. The predicted molar refractivity (Wildman–Crippen MR) is 158 cm³/mol. The molecule has 0 saturated carbocycles. The van der Waals surface area contributed by atoms with Gasteiger partial charge in [0, 0.05) is 44.2 Å². The lowest BCUT2D eigenvalue weighted by atomic mass is 9.74. The molecule has 0 bridgehead atoms. The lowest BCUT2D eigenvalue weighted by Gasteiger charge is -2.39. The fraction of sp³-hybridized carbons (Fsp3) is 0.345. The zero-order valence-electron chi connectivity index (χ0n) is 23.4. The van der Waals surface area contributed by atoms with Gasteiger partial charge in [-0.3, -0.25) is 4.48 Å². The van der Waals surface area contributed by atoms with Crippen LogP contribution in [0.15, 0.2) is 76.5 Å². The number of hydrogen-bond acceptors (Lipinski definition) is 6. The van der Waals surface area contributed by atoms with Gasteiger partial charge in [-0.1, -0.05) is 12.1 Å². The summed E-state index contributed by atoms with van der Waals surface area (Å²) >= 11 is 0. The molecule has 3 heterocycles. The van der Waals surface area contributed by atoms with E-state index in [1.807, 2.05) is 18.2 Å². The summed E-state index contributed by atoms with van der Waals surface area (Å²) in [5, 5.41) is 5.36. The number of sulfonamides is 1. The van der Waals surface area contributed by atoms with Crippen LogP contribution in [0.1, 0.15) is 18.4 Å². The Morgan fingerprint density at radius 2 is 1.54 bits per heavy atom. The topological polar surface area (TPSA) is 92.6 Å². The van der Waals surface area contributed by atoms with Crippen molar-refractivity contribution in [2.75, 3.05) is 52.7 Å². The quantitative estimate of drug-likeness (QED) is 0.325. The van der Waals surface area contributed by atoms with Gasteiger partial charge in [0.1, 0.15) is 11.5 Å². The molecule has 1 spiro atoms. The third kappa shape index (κ3) is 4.35. The van der Waals surface area contributed by atoms with E-state index >= 15 is 0 Å². The van der Waals surface area contributed by atoms with Crippen LogP contribution >= 0.6 is 0 Å². The van der Waals surface area contributed by atoms with Gasteiger partial charge >= 0.3 is 0 Å². The first-order valence-electron chi connectivity index (χ1n) is 13.4. The van der Waals surface area contributed by atoms with Gasteiger partial charge in [-0.05, 0) is 61.4 Å². The Bertz CT molecular complexity index is 1880. The second kappa shape index (κ2) is 9.35. The lowest BCUT2D eigenvalue weighted by molar-refractivity contribution is 0.274. The van der Waals surface area contributed by atoms with Crippen LogP contribution in [-0.4, -0.2) is 78.2 Å². The standard InChI is InChI=1S/C29H33FN5O4S2/c1-32(2)40(36,37)22-10-12-23(13-11-22)41(38,39)34-26-8-6-5-7-24(26)28(31-34)33-17-15-29(16-18-33)20-35(3,4)27-19-21(30)9-14-25(27)29/h5-14,19H,15-18,20H2,1-4H3/q+1. The number of fused-ring (bicyclic) bond motifs is 3. The number of anilines is 1. The summed E-state index contributed by atoms with van der Waals surface area (Å²) < 4.78 is 69.3. The Balaban J connectivity index is 1.33. The van der Waals surface area contributed by atoms with Crippen molar-refractivity contribution in [3.05, 3.63) is 78.1 Å². The zero-order chi connectivity index (χ0) is 29.4. The maximum Gasteiger partial charge on any atom is 0.283 e. The highest BCUT2D eigenvalue weighted by Gasteiger charge is 2.51. The van der Waals surface area contributed by atoms with E-state index in [4.69, 9.17) is 0 Å².